The third-order valence-corrected chi connectivity index (χ3v) is 4.16. The van der Waals surface area contributed by atoms with Gasteiger partial charge < -0.3 is 9.80 Å². The number of carbonyl (C=O) groups excluding carboxylic acids is 3. The molecule has 0 spiro atoms. The van der Waals surface area contributed by atoms with Gasteiger partial charge in [0.05, 0.1) is 0 Å². The molecule has 1 saturated heterocycles. The number of imide groups is 1. The van der Waals surface area contributed by atoms with Crippen LogP contribution in [0.3, 0.4) is 0 Å². The van der Waals surface area contributed by atoms with Crippen LogP contribution in [0.2, 0.25) is 0 Å². The van der Waals surface area contributed by atoms with Gasteiger partial charge in [-0.15, -0.1) is 0 Å². The fourth-order valence-electron chi connectivity index (χ4n) is 2.61. The molecule has 23 heavy (non-hydrogen) atoms. The van der Waals surface area contributed by atoms with Crippen LogP contribution in [-0.4, -0.2) is 58.7 Å². The lowest BCUT2D eigenvalue weighted by Crippen LogP contribution is -2.42. The van der Waals surface area contributed by atoms with Crippen LogP contribution in [0.25, 0.3) is 0 Å². The summed E-state index contributed by atoms with van der Waals surface area (Å²) in [5, 5.41) is 0. The Labute approximate surface area is 133 Å². The van der Waals surface area contributed by atoms with Crippen LogP contribution in [0.4, 0.5) is 9.18 Å². The first kappa shape index (κ1) is 15.5. The van der Waals surface area contributed by atoms with Crippen LogP contribution in [0.15, 0.2) is 24.3 Å². The second-order valence-corrected chi connectivity index (χ2v) is 5.96. The number of carbonyl (C=O) groups is 3. The Kier molecular flexibility index (Phi) is 4.02. The summed E-state index contributed by atoms with van der Waals surface area (Å²) in [6.07, 6.45) is 1.82. The molecule has 1 heterocycles. The van der Waals surface area contributed by atoms with E-state index in [4.69, 9.17) is 0 Å². The zero-order valence-electron chi connectivity index (χ0n) is 12.9. The summed E-state index contributed by atoms with van der Waals surface area (Å²) >= 11 is 0. The van der Waals surface area contributed by atoms with Crippen molar-refractivity contribution < 1.29 is 18.8 Å². The number of urea groups is 1. The minimum Gasteiger partial charge on any atom is -0.340 e. The first-order valence-electron chi connectivity index (χ1n) is 7.55. The summed E-state index contributed by atoms with van der Waals surface area (Å²) in [6.45, 7) is -0.159. The number of nitrogens with zero attached hydrogens (tertiary/aromatic N) is 3. The Bertz CT molecular complexity index is 660. The van der Waals surface area contributed by atoms with E-state index in [2.05, 4.69) is 0 Å². The van der Waals surface area contributed by atoms with Crippen LogP contribution in [-0.2, 0) is 16.1 Å². The van der Waals surface area contributed by atoms with Gasteiger partial charge in [-0.2, -0.15) is 0 Å². The third kappa shape index (κ3) is 3.18. The number of benzene rings is 1. The molecule has 0 N–H and O–H groups in total. The molecule has 6 nitrogen and oxygen atoms in total. The lowest BCUT2D eigenvalue weighted by Gasteiger charge is -2.21. The van der Waals surface area contributed by atoms with Gasteiger partial charge in [0.15, 0.2) is 0 Å². The largest absolute Gasteiger partial charge is 0.340 e. The molecule has 2 fully saturated rings. The van der Waals surface area contributed by atoms with Crippen molar-refractivity contribution in [2.45, 2.75) is 25.4 Å². The smallest absolute Gasteiger partial charge is 0.327 e. The number of amides is 4. The highest BCUT2D eigenvalue weighted by molar-refractivity contribution is 6.04. The van der Waals surface area contributed by atoms with E-state index in [0.29, 0.717) is 5.56 Å². The predicted molar refractivity (Wildman–Crippen MR) is 79.7 cm³/mol. The molecule has 0 bridgehead atoms. The fourth-order valence-corrected chi connectivity index (χ4v) is 2.61. The number of rotatable bonds is 5. The number of hydrogen-bond acceptors (Lipinski definition) is 3. The van der Waals surface area contributed by atoms with Crippen molar-refractivity contribution in [1.82, 2.24) is 14.7 Å². The molecule has 0 unspecified atom stereocenters. The average Bonchev–Trinajstić information content (AvgIpc) is 3.32. The molecule has 0 aromatic heterocycles. The van der Waals surface area contributed by atoms with E-state index in [0.717, 1.165) is 17.7 Å². The van der Waals surface area contributed by atoms with Gasteiger partial charge in [0.2, 0.25) is 5.91 Å². The molecule has 0 atom stereocenters. The van der Waals surface area contributed by atoms with Crippen molar-refractivity contribution in [3.8, 4) is 0 Å². The molecule has 3 rings (SSSR count). The van der Waals surface area contributed by atoms with Crippen molar-refractivity contribution in [2.24, 2.45) is 0 Å². The minimum absolute atomic E-state index is 0.0494. The van der Waals surface area contributed by atoms with Gasteiger partial charge in [0, 0.05) is 25.2 Å². The maximum absolute atomic E-state index is 13.6. The molecular weight excluding hydrogens is 301 g/mol. The summed E-state index contributed by atoms with van der Waals surface area (Å²) in [5.74, 6) is -1.14. The Morgan fingerprint density at radius 2 is 2.00 bits per heavy atom. The highest BCUT2D eigenvalue weighted by atomic mass is 19.1. The van der Waals surface area contributed by atoms with Gasteiger partial charge >= 0.3 is 6.03 Å². The molecule has 1 saturated carbocycles. The Morgan fingerprint density at radius 1 is 1.30 bits per heavy atom. The van der Waals surface area contributed by atoms with E-state index in [1.807, 2.05) is 0 Å². The third-order valence-electron chi connectivity index (χ3n) is 4.16. The van der Waals surface area contributed by atoms with Crippen molar-refractivity contribution in [1.29, 1.82) is 0 Å². The van der Waals surface area contributed by atoms with Gasteiger partial charge in [-0.25, -0.2) is 9.18 Å². The van der Waals surface area contributed by atoms with E-state index < -0.39 is 11.9 Å². The zero-order chi connectivity index (χ0) is 16.6. The summed E-state index contributed by atoms with van der Waals surface area (Å²) in [5.41, 5.74) is 0.391. The van der Waals surface area contributed by atoms with Gasteiger partial charge in [-0.05, 0) is 18.9 Å². The van der Waals surface area contributed by atoms with Crippen LogP contribution in [0, 0.1) is 5.82 Å². The van der Waals surface area contributed by atoms with Gasteiger partial charge in [0.1, 0.15) is 18.9 Å². The van der Waals surface area contributed by atoms with E-state index in [-0.39, 0.29) is 37.4 Å². The van der Waals surface area contributed by atoms with Crippen molar-refractivity contribution in [2.75, 3.05) is 20.1 Å². The second kappa shape index (κ2) is 5.98. The van der Waals surface area contributed by atoms with E-state index in [1.165, 1.54) is 22.9 Å². The second-order valence-electron chi connectivity index (χ2n) is 5.96. The number of hydrogen-bond donors (Lipinski definition) is 0. The van der Waals surface area contributed by atoms with Crippen molar-refractivity contribution >= 4 is 17.8 Å². The van der Waals surface area contributed by atoms with Crippen LogP contribution in [0.5, 0.6) is 0 Å². The fraction of sp³-hybridized carbons (Fsp3) is 0.438. The topological polar surface area (TPSA) is 60.9 Å². The SMILES string of the molecule is CN(Cc1ccccc1F)C(=O)CN1C(=O)CN(C2CC2)C1=O. The number of halogens is 1. The Hall–Kier alpha value is -2.44. The highest BCUT2D eigenvalue weighted by Crippen LogP contribution is 2.30. The first-order valence-corrected chi connectivity index (χ1v) is 7.55. The summed E-state index contributed by atoms with van der Waals surface area (Å²) in [7, 11) is 1.53. The average molecular weight is 319 g/mol. The molecule has 1 aromatic rings. The molecular formula is C16H18FN3O3. The minimum atomic E-state index is -0.398. The molecule has 1 aromatic carbocycles. The Balaban J connectivity index is 1.61. The van der Waals surface area contributed by atoms with Crippen LogP contribution >= 0.6 is 0 Å². The monoisotopic (exact) mass is 319 g/mol. The first-order chi connectivity index (χ1) is 11.0. The summed E-state index contributed by atoms with van der Waals surface area (Å²) in [4.78, 5) is 40.2. The molecule has 0 radical (unpaired) electrons. The van der Waals surface area contributed by atoms with E-state index in [1.54, 1.807) is 18.2 Å². The quantitative estimate of drug-likeness (QED) is 0.767. The lowest BCUT2D eigenvalue weighted by molar-refractivity contribution is -0.136. The normalized spacial score (nSPS) is 17.8. The van der Waals surface area contributed by atoms with E-state index in [9.17, 15) is 18.8 Å². The van der Waals surface area contributed by atoms with Crippen molar-refractivity contribution in [3.63, 3.8) is 0 Å². The van der Waals surface area contributed by atoms with Crippen molar-refractivity contribution in [3.05, 3.63) is 35.6 Å². The zero-order valence-corrected chi connectivity index (χ0v) is 12.9. The standard InChI is InChI=1S/C16H18FN3O3/c1-18(8-11-4-2-3-5-13(11)17)14(21)9-20-15(22)10-19(16(20)23)12-6-7-12/h2-5,12H,6-10H2,1H3. The molecule has 7 heteroatoms. The lowest BCUT2D eigenvalue weighted by atomic mass is 10.2. The molecule has 1 aliphatic carbocycles. The highest BCUT2D eigenvalue weighted by Gasteiger charge is 2.44. The van der Waals surface area contributed by atoms with Crippen LogP contribution < -0.4 is 0 Å². The van der Waals surface area contributed by atoms with Gasteiger partial charge in [0.25, 0.3) is 5.91 Å². The summed E-state index contributed by atoms with van der Waals surface area (Å²) < 4.78 is 13.6. The maximum atomic E-state index is 13.6. The predicted octanol–water partition coefficient (Wildman–Crippen LogP) is 1.21. The Morgan fingerprint density at radius 3 is 2.65 bits per heavy atom. The molecule has 2 aliphatic rings. The maximum Gasteiger partial charge on any atom is 0.327 e. The molecule has 122 valence electrons. The van der Waals surface area contributed by atoms with Crippen LogP contribution in [0.1, 0.15) is 18.4 Å². The van der Waals surface area contributed by atoms with Gasteiger partial charge in [-0.3, -0.25) is 14.5 Å². The molecule has 1 aliphatic heterocycles. The van der Waals surface area contributed by atoms with E-state index >= 15 is 0 Å². The number of likely N-dealkylation sites (N-methyl/N-ethyl adjacent to an activating group) is 1. The van der Waals surface area contributed by atoms with Gasteiger partial charge in [-0.1, -0.05) is 18.2 Å². The summed E-state index contributed by atoms with van der Waals surface area (Å²) in [6, 6.07) is 5.94. The molecule has 4 amide bonds.